The Morgan fingerprint density at radius 1 is 1.19 bits per heavy atom. The second-order valence-electron chi connectivity index (χ2n) is 8.71. The number of aryl methyl sites for hydroxylation is 1. The number of halogens is 1. The Bertz CT molecular complexity index is 627. The Hall–Kier alpha value is -0.450. The lowest BCUT2D eigenvalue weighted by atomic mass is 9.97. The first-order valence-corrected chi connectivity index (χ1v) is 12.9. The van der Waals surface area contributed by atoms with Crippen LogP contribution in [-0.4, -0.2) is 61.3 Å². The van der Waals surface area contributed by atoms with Crippen molar-refractivity contribution < 1.29 is 4.74 Å². The van der Waals surface area contributed by atoms with E-state index in [-0.39, 0.29) is 24.0 Å². The zero-order valence-electron chi connectivity index (χ0n) is 19.4. The molecule has 1 aliphatic heterocycles. The molecule has 1 saturated carbocycles. The predicted molar refractivity (Wildman–Crippen MR) is 142 cm³/mol. The summed E-state index contributed by atoms with van der Waals surface area (Å²) in [6.07, 6.45) is 10.5. The maximum absolute atomic E-state index is 6.03. The Balaban J connectivity index is 0.00000341. The highest BCUT2D eigenvalue weighted by molar-refractivity contribution is 14.0. The smallest absolute Gasteiger partial charge is 0.191 e. The largest absolute Gasteiger partial charge is 0.378 e. The molecule has 2 aliphatic rings. The van der Waals surface area contributed by atoms with Crippen molar-refractivity contribution in [1.29, 1.82) is 0 Å². The Kier molecular flexibility index (Phi) is 13.3. The highest BCUT2D eigenvalue weighted by Gasteiger charge is 2.20. The fraction of sp³-hybridized carbons (Fsp3) is 0.826. The van der Waals surface area contributed by atoms with Crippen LogP contribution in [0.25, 0.3) is 0 Å². The van der Waals surface area contributed by atoms with Crippen molar-refractivity contribution >= 4 is 41.3 Å². The molecule has 1 aromatic heterocycles. The molecule has 2 heterocycles. The topological polar surface area (TPSA) is 61.8 Å². The summed E-state index contributed by atoms with van der Waals surface area (Å²) in [5.41, 5.74) is 1.22. The van der Waals surface area contributed by atoms with Crippen LogP contribution in [0.5, 0.6) is 0 Å². The molecule has 2 fully saturated rings. The van der Waals surface area contributed by atoms with Gasteiger partial charge in [0.25, 0.3) is 0 Å². The van der Waals surface area contributed by atoms with E-state index in [4.69, 9.17) is 9.73 Å². The first kappa shape index (κ1) is 26.8. The van der Waals surface area contributed by atoms with Crippen LogP contribution in [0.1, 0.15) is 69.0 Å². The van der Waals surface area contributed by atoms with Crippen LogP contribution < -0.4 is 10.6 Å². The highest BCUT2D eigenvalue weighted by Crippen LogP contribution is 2.21. The fourth-order valence-electron chi connectivity index (χ4n) is 4.36. The van der Waals surface area contributed by atoms with Gasteiger partial charge in [-0.15, -0.1) is 35.3 Å². The van der Waals surface area contributed by atoms with Crippen molar-refractivity contribution in [2.45, 2.75) is 77.9 Å². The van der Waals surface area contributed by atoms with Crippen LogP contribution in [0, 0.1) is 12.8 Å². The van der Waals surface area contributed by atoms with E-state index in [1.165, 1.54) is 55.6 Å². The number of thiazole rings is 1. The van der Waals surface area contributed by atoms with E-state index in [1.54, 1.807) is 11.3 Å². The SMILES string of the molecule is CCNC(=NCC1CCN(Cc2csc(C)n2)CC1)NCCCOC1CCCCC1.I. The Morgan fingerprint density at radius 3 is 2.65 bits per heavy atom. The summed E-state index contributed by atoms with van der Waals surface area (Å²) in [6, 6.07) is 0. The van der Waals surface area contributed by atoms with Gasteiger partial charge in [-0.2, -0.15) is 0 Å². The summed E-state index contributed by atoms with van der Waals surface area (Å²) in [4.78, 5) is 12.0. The number of hydrogen-bond acceptors (Lipinski definition) is 5. The summed E-state index contributed by atoms with van der Waals surface area (Å²) in [5, 5.41) is 10.2. The third-order valence-electron chi connectivity index (χ3n) is 6.13. The van der Waals surface area contributed by atoms with Crippen molar-refractivity contribution in [3.05, 3.63) is 16.1 Å². The quantitative estimate of drug-likeness (QED) is 0.189. The van der Waals surface area contributed by atoms with E-state index in [2.05, 4.69) is 39.7 Å². The van der Waals surface area contributed by atoms with Crippen LogP contribution in [0.4, 0.5) is 0 Å². The third kappa shape index (κ3) is 10.4. The summed E-state index contributed by atoms with van der Waals surface area (Å²) >= 11 is 1.75. The highest BCUT2D eigenvalue weighted by atomic mass is 127. The molecule has 3 rings (SSSR count). The van der Waals surface area contributed by atoms with Gasteiger partial charge in [-0.3, -0.25) is 9.89 Å². The van der Waals surface area contributed by atoms with Gasteiger partial charge in [-0.25, -0.2) is 4.98 Å². The van der Waals surface area contributed by atoms with E-state index in [0.717, 1.165) is 58.3 Å². The average molecular weight is 564 g/mol. The minimum atomic E-state index is 0. The zero-order valence-corrected chi connectivity index (χ0v) is 22.6. The van der Waals surface area contributed by atoms with Crippen molar-refractivity contribution in [2.75, 3.05) is 39.3 Å². The minimum absolute atomic E-state index is 0. The second-order valence-corrected chi connectivity index (χ2v) is 9.77. The number of hydrogen-bond donors (Lipinski definition) is 2. The van der Waals surface area contributed by atoms with Gasteiger partial charge in [-0.1, -0.05) is 19.3 Å². The van der Waals surface area contributed by atoms with Gasteiger partial charge in [0.05, 0.1) is 16.8 Å². The number of aromatic nitrogens is 1. The molecular formula is C23H42IN5OS. The Labute approximate surface area is 210 Å². The number of aliphatic imine (C=N–C) groups is 1. The van der Waals surface area contributed by atoms with Crippen LogP contribution >= 0.6 is 35.3 Å². The first-order valence-electron chi connectivity index (χ1n) is 12.0. The summed E-state index contributed by atoms with van der Waals surface area (Å²) < 4.78 is 6.03. The van der Waals surface area contributed by atoms with E-state index < -0.39 is 0 Å². The lowest BCUT2D eigenvalue weighted by Gasteiger charge is -2.30. The van der Waals surface area contributed by atoms with Crippen molar-refractivity contribution in [2.24, 2.45) is 10.9 Å². The van der Waals surface area contributed by atoms with Crippen molar-refractivity contribution in [3.63, 3.8) is 0 Å². The van der Waals surface area contributed by atoms with Gasteiger partial charge in [0, 0.05) is 38.2 Å². The first-order chi connectivity index (χ1) is 14.7. The molecule has 1 saturated heterocycles. The van der Waals surface area contributed by atoms with Crippen LogP contribution in [0.2, 0.25) is 0 Å². The number of rotatable bonds is 10. The molecule has 0 aromatic carbocycles. The molecule has 0 radical (unpaired) electrons. The van der Waals surface area contributed by atoms with E-state index in [1.807, 2.05) is 0 Å². The van der Waals surface area contributed by atoms with Crippen LogP contribution in [0.3, 0.4) is 0 Å². The van der Waals surface area contributed by atoms with Crippen molar-refractivity contribution in [1.82, 2.24) is 20.5 Å². The van der Waals surface area contributed by atoms with Crippen molar-refractivity contribution in [3.8, 4) is 0 Å². The van der Waals surface area contributed by atoms with Gasteiger partial charge in [-0.05, 0) is 65.0 Å². The molecule has 0 amide bonds. The van der Waals surface area contributed by atoms with Gasteiger partial charge in [0.2, 0.25) is 0 Å². The molecule has 8 heteroatoms. The molecule has 1 aliphatic carbocycles. The van der Waals surface area contributed by atoms with Crippen LogP contribution in [0.15, 0.2) is 10.4 Å². The van der Waals surface area contributed by atoms with Gasteiger partial charge >= 0.3 is 0 Å². The van der Waals surface area contributed by atoms with Gasteiger partial charge in [0.1, 0.15) is 0 Å². The van der Waals surface area contributed by atoms with E-state index in [9.17, 15) is 0 Å². The molecular weight excluding hydrogens is 521 g/mol. The van der Waals surface area contributed by atoms with Gasteiger partial charge < -0.3 is 15.4 Å². The number of nitrogens with one attached hydrogen (secondary N) is 2. The standard InChI is InChI=1S/C23H41N5OS.HI/c1-3-24-23(25-12-7-15-29-22-8-5-4-6-9-22)26-16-20-10-13-28(14-11-20)17-21-18-30-19(2)27-21;/h18,20,22H,3-17H2,1-2H3,(H2,24,25,26);1H. The van der Waals surface area contributed by atoms with Gasteiger partial charge in [0.15, 0.2) is 5.96 Å². The average Bonchev–Trinajstić information content (AvgIpc) is 3.18. The number of guanidine groups is 1. The normalized spacial score (nSPS) is 19.2. The lowest BCUT2D eigenvalue weighted by Crippen LogP contribution is -2.39. The monoisotopic (exact) mass is 563 g/mol. The third-order valence-corrected chi connectivity index (χ3v) is 6.95. The number of ether oxygens (including phenoxy) is 1. The molecule has 1 aromatic rings. The molecule has 2 N–H and O–H groups in total. The lowest BCUT2D eigenvalue weighted by molar-refractivity contribution is 0.0277. The fourth-order valence-corrected chi connectivity index (χ4v) is 4.96. The molecule has 178 valence electrons. The molecule has 6 nitrogen and oxygen atoms in total. The minimum Gasteiger partial charge on any atom is -0.378 e. The van der Waals surface area contributed by atoms with E-state index >= 15 is 0 Å². The predicted octanol–water partition coefficient (Wildman–Crippen LogP) is 4.58. The number of piperidine rings is 1. The maximum atomic E-state index is 6.03. The molecule has 0 atom stereocenters. The number of likely N-dealkylation sites (tertiary alicyclic amines) is 1. The maximum Gasteiger partial charge on any atom is 0.191 e. The Morgan fingerprint density at radius 2 is 1.97 bits per heavy atom. The summed E-state index contributed by atoms with van der Waals surface area (Å²) in [5.74, 6) is 1.64. The second kappa shape index (κ2) is 15.4. The van der Waals surface area contributed by atoms with Crippen LogP contribution in [-0.2, 0) is 11.3 Å². The molecule has 0 unspecified atom stereocenters. The summed E-state index contributed by atoms with van der Waals surface area (Å²) in [7, 11) is 0. The van der Waals surface area contributed by atoms with E-state index in [0.29, 0.717) is 12.0 Å². The number of nitrogens with zero attached hydrogens (tertiary/aromatic N) is 3. The summed E-state index contributed by atoms with van der Waals surface area (Å²) in [6.45, 7) is 11.1. The molecule has 0 spiro atoms. The molecule has 31 heavy (non-hydrogen) atoms. The molecule has 0 bridgehead atoms. The zero-order chi connectivity index (χ0) is 21.0.